The summed E-state index contributed by atoms with van der Waals surface area (Å²) in [6.45, 7) is 1.97. The third-order valence-corrected chi connectivity index (χ3v) is 6.05. The van der Waals surface area contributed by atoms with Crippen molar-refractivity contribution in [3.63, 3.8) is 0 Å². The van der Waals surface area contributed by atoms with Crippen molar-refractivity contribution in [1.29, 1.82) is 0 Å². The predicted molar refractivity (Wildman–Crippen MR) is 107 cm³/mol. The van der Waals surface area contributed by atoms with E-state index in [0.717, 1.165) is 52.7 Å². The maximum absolute atomic E-state index is 12.8. The van der Waals surface area contributed by atoms with Crippen LogP contribution in [0.25, 0.3) is 10.2 Å². The summed E-state index contributed by atoms with van der Waals surface area (Å²) in [6.07, 6.45) is 5.57. The number of hydrogen-bond donors (Lipinski definition) is 2. The zero-order valence-corrected chi connectivity index (χ0v) is 16.1. The van der Waals surface area contributed by atoms with E-state index in [1.165, 1.54) is 0 Å². The maximum Gasteiger partial charge on any atom is 0.270 e. The van der Waals surface area contributed by atoms with Gasteiger partial charge in [-0.2, -0.15) is 0 Å². The fourth-order valence-corrected chi connectivity index (χ4v) is 4.50. The highest BCUT2D eigenvalue weighted by molar-refractivity contribution is 7.17. The van der Waals surface area contributed by atoms with Crippen LogP contribution in [0.3, 0.4) is 0 Å². The maximum atomic E-state index is 12.8. The molecule has 3 heterocycles. The first-order chi connectivity index (χ1) is 13.1. The van der Waals surface area contributed by atoms with Crippen molar-refractivity contribution < 1.29 is 9.90 Å². The smallest absolute Gasteiger partial charge is 0.270 e. The van der Waals surface area contributed by atoms with Gasteiger partial charge in [0.1, 0.15) is 5.69 Å². The van der Waals surface area contributed by atoms with Gasteiger partial charge < -0.3 is 10.4 Å². The second kappa shape index (κ2) is 7.74. The Bertz CT molecular complexity index is 952. The van der Waals surface area contributed by atoms with Crippen LogP contribution in [0.1, 0.15) is 53.0 Å². The Morgan fingerprint density at radius 1 is 1.33 bits per heavy atom. The van der Waals surface area contributed by atoms with Gasteiger partial charge in [0.15, 0.2) is 0 Å². The van der Waals surface area contributed by atoms with Crippen LogP contribution >= 0.6 is 11.3 Å². The number of rotatable bonds is 4. The molecule has 1 amide bonds. The van der Waals surface area contributed by atoms with Crippen molar-refractivity contribution in [2.45, 2.75) is 51.2 Å². The Kier molecular flexibility index (Phi) is 5.18. The minimum absolute atomic E-state index is 0.0194. The second-order valence-electron chi connectivity index (χ2n) is 7.28. The van der Waals surface area contributed by atoms with Gasteiger partial charge in [0.25, 0.3) is 5.91 Å². The molecule has 3 aromatic rings. The molecule has 0 aliphatic heterocycles. The molecule has 2 N–H and O–H groups in total. The molecular weight excluding hydrogens is 358 g/mol. The molecule has 2 atom stereocenters. The summed E-state index contributed by atoms with van der Waals surface area (Å²) < 4.78 is 1.11. The van der Waals surface area contributed by atoms with E-state index in [0.29, 0.717) is 12.1 Å². The summed E-state index contributed by atoms with van der Waals surface area (Å²) >= 11 is 1.65. The van der Waals surface area contributed by atoms with E-state index in [1.54, 1.807) is 11.3 Å². The van der Waals surface area contributed by atoms with Crippen LogP contribution in [0.4, 0.5) is 0 Å². The molecule has 0 aromatic carbocycles. The number of hydrogen-bond acceptors (Lipinski definition) is 5. The Labute approximate surface area is 162 Å². The lowest BCUT2D eigenvalue weighted by atomic mass is 9.93. The van der Waals surface area contributed by atoms with Crippen LogP contribution in [0.5, 0.6) is 0 Å². The Balaban J connectivity index is 1.59. The predicted octanol–water partition coefficient (Wildman–Crippen LogP) is 3.62. The second-order valence-corrected chi connectivity index (χ2v) is 8.19. The minimum Gasteiger partial charge on any atom is -0.393 e. The summed E-state index contributed by atoms with van der Waals surface area (Å²) in [4.78, 5) is 21.7. The Morgan fingerprint density at radius 3 is 3.00 bits per heavy atom. The molecule has 1 fully saturated rings. The first-order valence-electron chi connectivity index (χ1n) is 9.36. The van der Waals surface area contributed by atoms with Crippen molar-refractivity contribution in [3.05, 3.63) is 58.4 Å². The average Bonchev–Trinajstić information content (AvgIpc) is 3.12. The van der Waals surface area contributed by atoms with Crippen LogP contribution in [0, 0.1) is 6.92 Å². The number of aromatic nitrogens is 2. The lowest BCUT2D eigenvalue weighted by Crippen LogP contribution is -2.40. The van der Waals surface area contributed by atoms with Crippen molar-refractivity contribution in [2.24, 2.45) is 0 Å². The van der Waals surface area contributed by atoms with Gasteiger partial charge in [0.2, 0.25) is 0 Å². The number of carbonyl (C=O) groups excluding carboxylic acids is 1. The van der Waals surface area contributed by atoms with E-state index in [-0.39, 0.29) is 18.1 Å². The third kappa shape index (κ3) is 4.17. The highest BCUT2D eigenvalue weighted by Gasteiger charge is 2.23. The van der Waals surface area contributed by atoms with E-state index in [2.05, 4.69) is 21.4 Å². The number of aryl methyl sites for hydroxylation is 1. The average molecular weight is 382 g/mol. The molecule has 0 saturated heterocycles. The fraction of sp³-hybridized carbons (Fsp3) is 0.381. The van der Waals surface area contributed by atoms with Crippen molar-refractivity contribution >= 4 is 27.5 Å². The Hall–Kier alpha value is -2.31. The van der Waals surface area contributed by atoms with Gasteiger partial charge in [0.05, 0.1) is 16.3 Å². The number of amides is 1. The summed E-state index contributed by atoms with van der Waals surface area (Å²) in [7, 11) is 0. The van der Waals surface area contributed by atoms with Gasteiger partial charge in [-0.3, -0.25) is 9.78 Å². The quantitative estimate of drug-likeness (QED) is 0.724. The molecule has 0 bridgehead atoms. The third-order valence-electron chi connectivity index (χ3n) is 5.07. The van der Waals surface area contributed by atoms with Crippen LogP contribution < -0.4 is 5.32 Å². The number of nitrogens with zero attached hydrogens (tertiary/aromatic N) is 2. The molecule has 3 aromatic heterocycles. The molecule has 4 rings (SSSR count). The summed E-state index contributed by atoms with van der Waals surface area (Å²) in [5, 5.41) is 14.9. The van der Waals surface area contributed by atoms with Crippen LogP contribution in [0.15, 0.2) is 35.8 Å². The number of carbonyl (C=O) groups is 1. The lowest BCUT2D eigenvalue weighted by Gasteiger charge is -2.26. The van der Waals surface area contributed by atoms with Crippen molar-refractivity contribution in [1.82, 2.24) is 15.3 Å². The molecule has 1 aliphatic rings. The number of nitrogens with one attached hydrogen (secondary N) is 1. The van der Waals surface area contributed by atoms with Crippen LogP contribution in [0.2, 0.25) is 0 Å². The largest absolute Gasteiger partial charge is 0.393 e. The summed E-state index contributed by atoms with van der Waals surface area (Å²) in [6, 6.07) is 7.95. The van der Waals surface area contributed by atoms with E-state index in [9.17, 15) is 9.90 Å². The SMILES string of the molecule is Cc1ccc(Cc2cc(C(=O)NC3CCCC(O)C3)nc3ccsc23)cn1. The molecule has 0 radical (unpaired) electrons. The van der Waals surface area contributed by atoms with Gasteiger partial charge in [-0.05, 0) is 67.3 Å². The van der Waals surface area contributed by atoms with Crippen LogP contribution in [-0.4, -0.2) is 33.1 Å². The molecule has 5 nitrogen and oxygen atoms in total. The fourth-order valence-electron chi connectivity index (χ4n) is 3.65. The van der Waals surface area contributed by atoms with Gasteiger partial charge in [0, 0.05) is 24.4 Å². The highest BCUT2D eigenvalue weighted by atomic mass is 32.1. The minimum atomic E-state index is -0.319. The number of thiophene rings is 1. The topological polar surface area (TPSA) is 75.1 Å². The summed E-state index contributed by atoms with van der Waals surface area (Å²) in [5.41, 5.74) is 4.49. The standard InChI is InChI=1S/C21H23N3O2S/c1-13-5-6-14(12-22-13)9-15-10-19(24-18-7-8-27-20(15)18)21(26)23-16-3-2-4-17(25)11-16/h5-8,10,12,16-17,25H,2-4,9,11H2,1H3,(H,23,26). The normalized spacial score (nSPS) is 19.9. The molecule has 27 heavy (non-hydrogen) atoms. The number of pyridine rings is 2. The van der Waals surface area contributed by atoms with E-state index >= 15 is 0 Å². The molecule has 6 heteroatoms. The van der Waals surface area contributed by atoms with Gasteiger partial charge >= 0.3 is 0 Å². The molecule has 2 unspecified atom stereocenters. The zero-order valence-electron chi connectivity index (χ0n) is 15.3. The zero-order chi connectivity index (χ0) is 18.8. The first-order valence-corrected chi connectivity index (χ1v) is 10.2. The van der Waals surface area contributed by atoms with E-state index in [4.69, 9.17) is 0 Å². The number of aliphatic hydroxyl groups excluding tert-OH is 1. The van der Waals surface area contributed by atoms with Crippen molar-refractivity contribution in [3.8, 4) is 0 Å². The molecule has 1 saturated carbocycles. The highest BCUT2D eigenvalue weighted by Crippen LogP contribution is 2.27. The summed E-state index contributed by atoms with van der Waals surface area (Å²) in [5.74, 6) is -0.162. The van der Waals surface area contributed by atoms with Crippen molar-refractivity contribution in [2.75, 3.05) is 0 Å². The lowest BCUT2D eigenvalue weighted by molar-refractivity contribution is 0.0845. The van der Waals surface area contributed by atoms with E-state index in [1.807, 2.05) is 36.7 Å². The molecule has 1 aliphatic carbocycles. The molecular formula is C21H23N3O2S. The van der Waals surface area contributed by atoms with Gasteiger partial charge in [-0.25, -0.2) is 4.98 Å². The number of aliphatic hydroxyl groups is 1. The first kappa shape index (κ1) is 18.1. The Morgan fingerprint density at radius 2 is 2.22 bits per heavy atom. The van der Waals surface area contributed by atoms with Gasteiger partial charge in [-0.1, -0.05) is 6.07 Å². The number of fused-ring (bicyclic) bond motifs is 1. The van der Waals surface area contributed by atoms with Crippen LogP contribution in [-0.2, 0) is 6.42 Å². The van der Waals surface area contributed by atoms with Gasteiger partial charge in [-0.15, -0.1) is 11.3 Å². The van der Waals surface area contributed by atoms with E-state index < -0.39 is 0 Å². The molecule has 140 valence electrons. The molecule has 0 spiro atoms. The monoisotopic (exact) mass is 381 g/mol.